The Morgan fingerprint density at radius 3 is 2.56 bits per heavy atom. The van der Waals surface area contributed by atoms with Gasteiger partial charge in [-0.25, -0.2) is 4.79 Å². The van der Waals surface area contributed by atoms with Crippen LogP contribution in [0.1, 0.15) is 18.9 Å². The number of para-hydroxylation sites is 1. The Hall–Kier alpha value is -3.28. The van der Waals surface area contributed by atoms with Crippen molar-refractivity contribution in [3.05, 3.63) is 64.5 Å². The molecular weight excluding hydrogens is 344 g/mol. The van der Waals surface area contributed by atoms with Crippen LogP contribution in [0.4, 0.5) is 11.4 Å². The molecule has 3 rings (SSSR count). The van der Waals surface area contributed by atoms with Gasteiger partial charge in [-0.3, -0.25) is 4.79 Å². The summed E-state index contributed by atoms with van der Waals surface area (Å²) in [5.74, 6) is 0.156. The number of amides is 1. The van der Waals surface area contributed by atoms with Crippen LogP contribution < -0.4 is 21.0 Å². The van der Waals surface area contributed by atoms with E-state index in [-0.39, 0.29) is 12.3 Å². The third-order valence-electron chi connectivity index (χ3n) is 4.02. The summed E-state index contributed by atoms with van der Waals surface area (Å²) in [5, 5.41) is 6.58. The second kappa shape index (κ2) is 8.40. The Balaban J connectivity index is 1.82. The first-order valence-corrected chi connectivity index (χ1v) is 8.87. The van der Waals surface area contributed by atoms with E-state index < -0.39 is 11.5 Å². The van der Waals surface area contributed by atoms with Gasteiger partial charge in [0.15, 0.2) is 12.3 Å². The summed E-state index contributed by atoms with van der Waals surface area (Å²) in [6.45, 7) is 4.45. The second-order valence-electron chi connectivity index (χ2n) is 6.21. The van der Waals surface area contributed by atoms with Gasteiger partial charge in [-0.15, -0.1) is 0 Å². The first-order chi connectivity index (χ1) is 13.1. The van der Waals surface area contributed by atoms with Crippen molar-refractivity contribution in [3.8, 4) is 5.75 Å². The zero-order chi connectivity index (χ0) is 19.2. The van der Waals surface area contributed by atoms with Crippen molar-refractivity contribution in [2.45, 2.75) is 20.3 Å². The lowest BCUT2D eigenvalue weighted by Gasteiger charge is -2.14. The van der Waals surface area contributed by atoms with Crippen molar-refractivity contribution in [1.29, 1.82) is 0 Å². The molecule has 0 radical (unpaired) electrons. The van der Waals surface area contributed by atoms with Crippen molar-refractivity contribution < 1.29 is 13.9 Å². The minimum absolute atomic E-state index is 0.0969. The summed E-state index contributed by atoms with van der Waals surface area (Å²) < 4.78 is 10.8. The third kappa shape index (κ3) is 4.47. The summed E-state index contributed by atoms with van der Waals surface area (Å²) in [5.41, 5.74) is 1.63. The fraction of sp³-hybridized carbons (Fsp3) is 0.238. The van der Waals surface area contributed by atoms with Crippen LogP contribution in [-0.2, 0) is 4.79 Å². The molecule has 6 heteroatoms. The lowest BCUT2D eigenvalue weighted by atomic mass is 10.1. The summed E-state index contributed by atoms with van der Waals surface area (Å²) >= 11 is 0. The van der Waals surface area contributed by atoms with E-state index in [0.717, 1.165) is 17.4 Å². The highest BCUT2D eigenvalue weighted by atomic mass is 16.5. The molecule has 27 heavy (non-hydrogen) atoms. The van der Waals surface area contributed by atoms with Crippen molar-refractivity contribution in [3.63, 3.8) is 0 Å². The van der Waals surface area contributed by atoms with Gasteiger partial charge in [0, 0.05) is 11.9 Å². The maximum atomic E-state index is 12.4. The van der Waals surface area contributed by atoms with E-state index in [2.05, 4.69) is 10.6 Å². The minimum atomic E-state index is -0.601. The SMILES string of the molecule is CCCNc1c(NC(=O)COc2ccc(C)cc2)c(=O)oc2ccccc12. The lowest BCUT2D eigenvalue weighted by Crippen LogP contribution is -2.25. The summed E-state index contributed by atoms with van der Waals surface area (Å²) in [6.07, 6.45) is 0.873. The normalized spacial score (nSPS) is 10.6. The largest absolute Gasteiger partial charge is 0.484 e. The van der Waals surface area contributed by atoms with E-state index >= 15 is 0 Å². The molecule has 0 aliphatic heterocycles. The van der Waals surface area contributed by atoms with E-state index in [4.69, 9.17) is 9.15 Å². The summed E-state index contributed by atoms with van der Waals surface area (Å²) in [4.78, 5) is 24.7. The van der Waals surface area contributed by atoms with E-state index in [1.165, 1.54) is 0 Å². The van der Waals surface area contributed by atoms with Crippen molar-refractivity contribution >= 4 is 28.3 Å². The molecule has 1 heterocycles. The summed E-state index contributed by atoms with van der Waals surface area (Å²) in [7, 11) is 0. The molecule has 1 aromatic heterocycles. The van der Waals surface area contributed by atoms with Gasteiger partial charge < -0.3 is 19.8 Å². The van der Waals surface area contributed by atoms with Crippen molar-refractivity contribution in [2.75, 3.05) is 23.8 Å². The lowest BCUT2D eigenvalue weighted by molar-refractivity contribution is -0.118. The molecule has 1 amide bonds. The molecule has 0 aliphatic carbocycles. The molecule has 0 fully saturated rings. The first-order valence-electron chi connectivity index (χ1n) is 8.87. The van der Waals surface area contributed by atoms with Crippen LogP contribution in [0.3, 0.4) is 0 Å². The average molecular weight is 366 g/mol. The molecular formula is C21H22N2O4. The maximum Gasteiger partial charge on any atom is 0.362 e. The number of aryl methyl sites for hydroxylation is 1. The highest BCUT2D eigenvalue weighted by Gasteiger charge is 2.17. The highest BCUT2D eigenvalue weighted by molar-refractivity contribution is 6.02. The van der Waals surface area contributed by atoms with Gasteiger partial charge in [-0.05, 0) is 37.6 Å². The Morgan fingerprint density at radius 2 is 1.81 bits per heavy atom. The molecule has 0 aliphatic rings. The monoisotopic (exact) mass is 366 g/mol. The van der Waals surface area contributed by atoms with Gasteiger partial charge in [0.2, 0.25) is 0 Å². The number of hydrogen-bond donors (Lipinski definition) is 2. The van der Waals surface area contributed by atoms with Crippen LogP contribution in [-0.4, -0.2) is 19.1 Å². The molecule has 0 saturated heterocycles. The fourth-order valence-electron chi connectivity index (χ4n) is 2.66. The highest BCUT2D eigenvalue weighted by Crippen LogP contribution is 2.28. The van der Waals surface area contributed by atoms with Crippen LogP contribution in [0.15, 0.2) is 57.7 Å². The number of carbonyl (C=O) groups excluding carboxylic acids is 1. The number of nitrogens with one attached hydrogen (secondary N) is 2. The molecule has 2 aromatic carbocycles. The van der Waals surface area contributed by atoms with E-state index in [0.29, 0.717) is 23.6 Å². The average Bonchev–Trinajstić information content (AvgIpc) is 2.67. The van der Waals surface area contributed by atoms with Crippen LogP contribution in [0.25, 0.3) is 11.0 Å². The van der Waals surface area contributed by atoms with Crippen LogP contribution >= 0.6 is 0 Å². The molecule has 0 atom stereocenters. The van der Waals surface area contributed by atoms with Crippen LogP contribution in [0.2, 0.25) is 0 Å². The number of ether oxygens (including phenoxy) is 1. The van der Waals surface area contributed by atoms with Gasteiger partial charge in [-0.2, -0.15) is 0 Å². The minimum Gasteiger partial charge on any atom is -0.484 e. The zero-order valence-corrected chi connectivity index (χ0v) is 15.4. The Morgan fingerprint density at radius 1 is 1.07 bits per heavy atom. The molecule has 6 nitrogen and oxygen atoms in total. The predicted molar refractivity (Wildman–Crippen MR) is 107 cm³/mol. The van der Waals surface area contributed by atoms with E-state index in [1.807, 2.05) is 38.1 Å². The Kier molecular flexibility index (Phi) is 5.76. The standard InChI is InChI=1S/C21H22N2O4/c1-3-12-22-19-16-6-4-5-7-17(16)27-21(25)20(19)23-18(24)13-26-15-10-8-14(2)9-11-15/h4-11,22H,3,12-13H2,1-2H3,(H,23,24). The molecule has 3 aromatic rings. The quantitative estimate of drug-likeness (QED) is 0.619. The van der Waals surface area contributed by atoms with Gasteiger partial charge in [0.25, 0.3) is 5.91 Å². The van der Waals surface area contributed by atoms with Crippen molar-refractivity contribution in [1.82, 2.24) is 0 Å². The molecule has 0 bridgehead atoms. The number of benzene rings is 2. The fourth-order valence-corrected chi connectivity index (χ4v) is 2.66. The zero-order valence-electron chi connectivity index (χ0n) is 15.4. The van der Waals surface area contributed by atoms with E-state index in [1.54, 1.807) is 24.3 Å². The number of fused-ring (bicyclic) bond motifs is 1. The molecule has 0 saturated carbocycles. The van der Waals surface area contributed by atoms with E-state index in [9.17, 15) is 9.59 Å². The Bertz CT molecular complexity index is 993. The number of anilines is 2. The molecule has 140 valence electrons. The maximum absolute atomic E-state index is 12.4. The smallest absolute Gasteiger partial charge is 0.362 e. The number of hydrogen-bond acceptors (Lipinski definition) is 5. The van der Waals surface area contributed by atoms with Gasteiger partial charge in [0.05, 0.1) is 5.69 Å². The molecule has 2 N–H and O–H groups in total. The first kappa shape index (κ1) is 18.5. The van der Waals surface area contributed by atoms with Gasteiger partial charge in [0.1, 0.15) is 11.3 Å². The topological polar surface area (TPSA) is 80.6 Å². The summed E-state index contributed by atoms with van der Waals surface area (Å²) in [6, 6.07) is 14.6. The van der Waals surface area contributed by atoms with Gasteiger partial charge in [-0.1, -0.05) is 36.8 Å². The van der Waals surface area contributed by atoms with Gasteiger partial charge >= 0.3 is 5.63 Å². The Labute approximate surface area is 157 Å². The molecule has 0 unspecified atom stereocenters. The molecule has 0 spiro atoms. The third-order valence-corrected chi connectivity index (χ3v) is 4.02. The number of rotatable bonds is 7. The van der Waals surface area contributed by atoms with Crippen LogP contribution in [0, 0.1) is 6.92 Å². The predicted octanol–water partition coefficient (Wildman–Crippen LogP) is 3.94. The second-order valence-corrected chi connectivity index (χ2v) is 6.21. The number of carbonyl (C=O) groups is 1. The van der Waals surface area contributed by atoms with Crippen molar-refractivity contribution in [2.24, 2.45) is 0 Å². The van der Waals surface area contributed by atoms with Crippen LogP contribution in [0.5, 0.6) is 5.75 Å².